The number of carbonyl (C=O) groups excluding carboxylic acids is 1. The molecule has 2 N–H and O–H groups in total. The van der Waals surface area contributed by atoms with Crippen LogP contribution >= 0.6 is 11.3 Å². The van der Waals surface area contributed by atoms with Gasteiger partial charge in [-0.1, -0.05) is 0 Å². The molecule has 0 unspecified atom stereocenters. The lowest BCUT2D eigenvalue weighted by Crippen LogP contribution is -2.23. The van der Waals surface area contributed by atoms with Gasteiger partial charge in [-0.25, -0.2) is 4.98 Å². The minimum atomic E-state index is 0.0376. The molecule has 0 bridgehead atoms. The van der Waals surface area contributed by atoms with E-state index in [2.05, 4.69) is 49.7 Å². The Bertz CT molecular complexity index is 914. The summed E-state index contributed by atoms with van der Waals surface area (Å²) in [6.07, 6.45) is 4.22. The molecular formula is C18H24N6OS. The summed E-state index contributed by atoms with van der Waals surface area (Å²) in [6.45, 7) is 7.49. The Morgan fingerprint density at radius 2 is 2.27 bits per heavy atom. The summed E-state index contributed by atoms with van der Waals surface area (Å²) in [5, 5.41) is 11.0. The lowest BCUT2D eigenvalue weighted by atomic mass is 10.2. The van der Waals surface area contributed by atoms with Crippen LogP contribution < -0.4 is 10.6 Å². The maximum atomic E-state index is 12.2. The van der Waals surface area contributed by atoms with Gasteiger partial charge in [0.15, 0.2) is 4.96 Å². The standard InChI is InChI=1S/C18H24N6OS/c1-12-13(2)26-18-21-15(11-23(12)18)9-20-17(25)5-4-14-8-16-10-19-6-3-7-24(16)22-14/h8,11,19H,3-7,9-10H2,1-2H3,(H,20,25). The van der Waals surface area contributed by atoms with Crippen molar-refractivity contribution in [3.63, 3.8) is 0 Å². The molecule has 8 heteroatoms. The first-order valence-electron chi connectivity index (χ1n) is 9.07. The summed E-state index contributed by atoms with van der Waals surface area (Å²) in [5.74, 6) is 0.0376. The van der Waals surface area contributed by atoms with E-state index >= 15 is 0 Å². The summed E-state index contributed by atoms with van der Waals surface area (Å²) < 4.78 is 4.16. The number of imidazole rings is 1. The Hall–Kier alpha value is -2.19. The van der Waals surface area contributed by atoms with Crippen molar-refractivity contribution < 1.29 is 4.79 Å². The Morgan fingerprint density at radius 3 is 3.12 bits per heavy atom. The molecule has 0 radical (unpaired) electrons. The van der Waals surface area contributed by atoms with Crippen molar-refractivity contribution in [2.75, 3.05) is 6.54 Å². The number of hydrogen-bond acceptors (Lipinski definition) is 5. The van der Waals surface area contributed by atoms with Gasteiger partial charge in [-0.2, -0.15) is 5.10 Å². The maximum absolute atomic E-state index is 12.2. The molecule has 4 rings (SSSR count). The van der Waals surface area contributed by atoms with Crippen LogP contribution in [0.3, 0.4) is 0 Å². The van der Waals surface area contributed by atoms with Gasteiger partial charge in [-0.05, 0) is 32.9 Å². The first-order valence-corrected chi connectivity index (χ1v) is 9.89. The highest BCUT2D eigenvalue weighted by Crippen LogP contribution is 2.21. The highest BCUT2D eigenvalue weighted by molar-refractivity contribution is 7.17. The van der Waals surface area contributed by atoms with Crippen LogP contribution in [0.4, 0.5) is 0 Å². The average molecular weight is 372 g/mol. The largest absolute Gasteiger partial charge is 0.350 e. The minimum Gasteiger partial charge on any atom is -0.350 e. The lowest BCUT2D eigenvalue weighted by Gasteiger charge is -2.02. The first-order chi connectivity index (χ1) is 12.6. The summed E-state index contributed by atoms with van der Waals surface area (Å²) in [7, 11) is 0. The molecule has 26 heavy (non-hydrogen) atoms. The van der Waals surface area contributed by atoms with Crippen LogP contribution in [0.2, 0.25) is 0 Å². The van der Waals surface area contributed by atoms with Gasteiger partial charge in [-0.15, -0.1) is 11.3 Å². The van der Waals surface area contributed by atoms with Crippen molar-refractivity contribution in [2.24, 2.45) is 0 Å². The van der Waals surface area contributed by atoms with Crippen LogP contribution in [-0.4, -0.2) is 31.6 Å². The molecule has 1 amide bonds. The number of nitrogens with one attached hydrogen (secondary N) is 2. The molecule has 0 saturated heterocycles. The lowest BCUT2D eigenvalue weighted by molar-refractivity contribution is -0.121. The molecule has 0 aliphatic carbocycles. The Morgan fingerprint density at radius 1 is 1.38 bits per heavy atom. The zero-order chi connectivity index (χ0) is 18.1. The second kappa shape index (κ2) is 7.20. The molecule has 0 spiro atoms. The van der Waals surface area contributed by atoms with Crippen molar-refractivity contribution in [1.29, 1.82) is 0 Å². The van der Waals surface area contributed by atoms with Crippen molar-refractivity contribution in [2.45, 2.75) is 52.7 Å². The van der Waals surface area contributed by atoms with E-state index in [0.29, 0.717) is 19.4 Å². The van der Waals surface area contributed by atoms with Crippen LogP contribution in [0.25, 0.3) is 4.96 Å². The van der Waals surface area contributed by atoms with E-state index in [1.165, 1.54) is 16.3 Å². The molecule has 1 aliphatic rings. The Labute approximate surface area is 156 Å². The number of aromatic nitrogens is 4. The van der Waals surface area contributed by atoms with Crippen molar-refractivity contribution >= 4 is 22.2 Å². The van der Waals surface area contributed by atoms with Crippen molar-refractivity contribution in [3.05, 3.63) is 39.9 Å². The number of thiazole rings is 1. The Kier molecular flexibility index (Phi) is 4.78. The molecule has 0 saturated carbocycles. The van der Waals surface area contributed by atoms with Crippen molar-refractivity contribution in [3.8, 4) is 0 Å². The number of aryl methyl sites for hydroxylation is 4. The predicted octanol–water partition coefficient (Wildman–Crippen LogP) is 1.95. The van der Waals surface area contributed by atoms with Crippen molar-refractivity contribution in [1.82, 2.24) is 29.8 Å². The molecule has 138 valence electrons. The van der Waals surface area contributed by atoms with E-state index < -0.39 is 0 Å². The normalized spacial score (nSPS) is 14.4. The molecule has 0 atom stereocenters. The van der Waals surface area contributed by atoms with E-state index in [9.17, 15) is 4.79 Å². The summed E-state index contributed by atoms with van der Waals surface area (Å²) >= 11 is 1.68. The van der Waals surface area contributed by atoms with Gasteiger partial charge in [0.25, 0.3) is 0 Å². The number of nitrogens with zero attached hydrogens (tertiary/aromatic N) is 4. The Balaban J connectivity index is 1.29. The summed E-state index contributed by atoms with van der Waals surface area (Å²) in [5.41, 5.74) is 4.31. The molecule has 4 heterocycles. The fourth-order valence-electron chi connectivity index (χ4n) is 3.25. The second-order valence-corrected chi connectivity index (χ2v) is 7.97. The molecule has 1 aliphatic heterocycles. The van der Waals surface area contributed by atoms with Gasteiger partial charge in [0, 0.05) is 42.7 Å². The molecule has 0 fully saturated rings. The van der Waals surface area contributed by atoms with Gasteiger partial charge in [0.1, 0.15) is 0 Å². The summed E-state index contributed by atoms with van der Waals surface area (Å²) in [4.78, 5) is 19.0. The highest BCUT2D eigenvalue weighted by Gasteiger charge is 2.13. The number of fused-ring (bicyclic) bond motifs is 2. The van der Waals surface area contributed by atoms with E-state index in [1.807, 2.05) is 6.20 Å². The van der Waals surface area contributed by atoms with Gasteiger partial charge >= 0.3 is 0 Å². The smallest absolute Gasteiger partial charge is 0.220 e. The van der Waals surface area contributed by atoms with E-state index in [-0.39, 0.29) is 5.91 Å². The zero-order valence-corrected chi connectivity index (χ0v) is 16.0. The quantitative estimate of drug-likeness (QED) is 0.718. The van der Waals surface area contributed by atoms with Gasteiger partial charge in [-0.3, -0.25) is 13.9 Å². The fraction of sp³-hybridized carbons (Fsp3) is 0.500. The third kappa shape index (κ3) is 3.52. The molecule has 0 aromatic carbocycles. The van der Waals surface area contributed by atoms with Gasteiger partial charge < -0.3 is 10.6 Å². The summed E-state index contributed by atoms with van der Waals surface area (Å²) in [6, 6.07) is 2.11. The number of amides is 1. The molecular weight excluding hydrogens is 348 g/mol. The highest BCUT2D eigenvalue weighted by atomic mass is 32.1. The monoisotopic (exact) mass is 372 g/mol. The number of rotatable bonds is 5. The fourth-order valence-corrected chi connectivity index (χ4v) is 4.22. The maximum Gasteiger partial charge on any atom is 0.220 e. The molecule has 3 aromatic heterocycles. The zero-order valence-electron chi connectivity index (χ0n) is 15.2. The predicted molar refractivity (Wildman–Crippen MR) is 101 cm³/mol. The molecule has 3 aromatic rings. The van der Waals surface area contributed by atoms with E-state index in [1.54, 1.807) is 11.3 Å². The van der Waals surface area contributed by atoms with Gasteiger partial charge in [0.2, 0.25) is 5.91 Å². The van der Waals surface area contributed by atoms with Crippen LogP contribution in [-0.2, 0) is 30.8 Å². The average Bonchev–Trinajstić information content (AvgIpc) is 3.22. The number of hydrogen-bond donors (Lipinski definition) is 2. The van der Waals surface area contributed by atoms with Gasteiger partial charge in [0.05, 0.1) is 23.6 Å². The molecule has 7 nitrogen and oxygen atoms in total. The van der Waals surface area contributed by atoms with Crippen LogP contribution in [0.5, 0.6) is 0 Å². The minimum absolute atomic E-state index is 0.0376. The van der Waals surface area contributed by atoms with E-state index in [0.717, 1.165) is 42.4 Å². The van der Waals surface area contributed by atoms with E-state index in [4.69, 9.17) is 0 Å². The second-order valence-electron chi connectivity index (χ2n) is 6.79. The first kappa shape index (κ1) is 17.2. The van der Waals surface area contributed by atoms with Crippen LogP contribution in [0.1, 0.15) is 40.5 Å². The van der Waals surface area contributed by atoms with Crippen LogP contribution in [0.15, 0.2) is 12.3 Å². The number of carbonyl (C=O) groups is 1. The topological polar surface area (TPSA) is 76.2 Å². The third-order valence-electron chi connectivity index (χ3n) is 4.86. The SMILES string of the molecule is Cc1sc2nc(CNC(=O)CCc3cc4n(n3)CCCNC4)cn2c1C. The van der Waals surface area contributed by atoms with Crippen LogP contribution in [0, 0.1) is 13.8 Å². The third-order valence-corrected chi connectivity index (χ3v) is 5.93.